The number of benzene rings is 1. The molecule has 3 amide bonds. The van der Waals surface area contributed by atoms with Crippen molar-refractivity contribution in [3.05, 3.63) is 42.2 Å². The predicted octanol–water partition coefficient (Wildman–Crippen LogP) is 1.21. The van der Waals surface area contributed by atoms with E-state index in [1.807, 2.05) is 44.2 Å². The average molecular weight is 386 g/mol. The topological polar surface area (TPSA) is 109 Å². The molecular weight excluding hydrogens is 360 g/mol. The van der Waals surface area contributed by atoms with Crippen molar-refractivity contribution < 1.29 is 14.4 Å². The minimum Gasteiger partial charge on any atom is -0.347 e. The number of carbonyl (C=O) groups excluding carboxylic acids is 3. The van der Waals surface area contributed by atoms with E-state index < -0.39 is 11.8 Å². The Kier molecular flexibility index (Phi) is 7.25. The second-order valence-corrected chi connectivity index (χ2v) is 7.07. The zero-order valence-electron chi connectivity index (χ0n) is 16.5. The summed E-state index contributed by atoms with van der Waals surface area (Å²) in [6.45, 7) is 4.09. The summed E-state index contributed by atoms with van der Waals surface area (Å²) in [6, 6.07) is 9.23. The fraction of sp³-hybridized carbons (Fsp3) is 0.421. The van der Waals surface area contributed by atoms with Crippen LogP contribution in [0, 0.1) is 5.92 Å². The molecule has 9 nitrogen and oxygen atoms in total. The normalized spacial score (nSPS) is 11.8. The number of likely N-dealkylation sites (N-methyl/N-ethyl adjacent to an activating group) is 1. The monoisotopic (exact) mass is 386 g/mol. The van der Waals surface area contributed by atoms with Crippen LogP contribution in [0.25, 0.3) is 0 Å². The van der Waals surface area contributed by atoms with Gasteiger partial charge in [0.05, 0.1) is 6.04 Å². The van der Waals surface area contributed by atoms with Crippen molar-refractivity contribution >= 4 is 23.7 Å². The molecule has 150 valence electrons. The van der Waals surface area contributed by atoms with Gasteiger partial charge in [-0.05, 0) is 17.9 Å². The van der Waals surface area contributed by atoms with Gasteiger partial charge in [-0.3, -0.25) is 19.7 Å². The lowest BCUT2D eigenvalue weighted by atomic mass is 9.97. The second kappa shape index (κ2) is 9.63. The Morgan fingerprint density at radius 3 is 2.39 bits per heavy atom. The number of carbonyl (C=O) groups is 3. The Hall–Kier alpha value is -3.23. The van der Waals surface area contributed by atoms with Gasteiger partial charge in [0, 0.05) is 14.1 Å². The van der Waals surface area contributed by atoms with E-state index in [9.17, 15) is 14.4 Å². The first kappa shape index (κ1) is 21.1. The molecule has 1 aromatic carbocycles. The van der Waals surface area contributed by atoms with Crippen LogP contribution in [0.2, 0.25) is 0 Å². The van der Waals surface area contributed by atoms with Gasteiger partial charge in [0.15, 0.2) is 0 Å². The lowest BCUT2D eigenvalue weighted by molar-refractivity contribution is -0.136. The van der Waals surface area contributed by atoms with Crippen molar-refractivity contribution in [2.45, 2.75) is 32.9 Å². The number of rotatable bonds is 7. The summed E-state index contributed by atoms with van der Waals surface area (Å²) in [5.74, 6) is -1.50. The first-order valence-electron chi connectivity index (χ1n) is 9.02. The van der Waals surface area contributed by atoms with Crippen LogP contribution >= 0.6 is 0 Å². The molecule has 0 saturated carbocycles. The second-order valence-electron chi connectivity index (χ2n) is 7.07. The Morgan fingerprint density at radius 2 is 1.79 bits per heavy atom. The van der Waals surface area contributed by atoms with Crippen molar-refractivity contribution in [3.63, 3.8) is 0 Å². The van der Waals surface area contributed by atoms with Crippen LogP contribution in [-0.2, 0) is 20.9 Å². The van der Waals surface area contributed by atoms with E-state index in [1.54, 1.807) is 14.1 Å². The highest BCUT2D eigenvalue weighted by atomic mass is 16.2. The van der Waals surface area contributed by atoms with Gasteiger partial charge < -0.3 is 10.2 Å². The molecule has 2 N–H and O–H groups in total. The van der Waals surface area contributed by atoms with E-state index in [0.29, 0.717) is 12.3 Å². The first-order chi connectivity index (χ1) is 13.3. The molecule has 9 heteroatoms. The predicted molar refractivity (Wildman–Crippen MR) is 104 cm³/mol. The van der Waals surface area contributed by atoms with E-state index >= 15 is 0 Å². The van der Waals surface area contributed by atoms with Crippen molar-refractivity contribution in [1.82, 2.24) is 25.0 Å². The number of nitrogens with zero attached hydrogens (tertiary/aromatic N) is 4. The van der Waals surface area contributed by atoms with Gasteiger partial charge in [0.2, 0.25) is 11.9 Å². The van der Waals surface area contributed by atoms with Crippen molar-refractivity contribution in [2.24, 2.45) is 5.92 Å². The summed E-state index contributed by atoms with van der Waals surface area (Å²) in [4.78, 5) is 41.6. The summed E-state index contributed by atoms with van der Waals surface area (Å²) in [6.07, 6.45) is 2.02. The molecule has 0 aliphatic heterocycles. The van der Waals surface area contributed by atoms with Crippen molar-refractivity contribution in [2.75, 3.05) is 19.4 Å². The molecule has 28 heavy (non-hydrogen) atoms. The fourth-order valence-electron chi connectivity index (χ4n) is 2.53. The molecule has 0 radical (unpaired) electrons. The summed E-state index contributed by atoms with van der Waals surface area (Å²) >= 11 is 0. The third-order valence-corrected chi connectivity index (χ3v) is 3.98. The molecule has 1 aromatic heterocycles. The minimum absolute atomic E-state index is 0.00740. The number of anilines is 1. The van der Waals surface area contributed by atoms with Gasteiger partial charge in [-0.2, -0.15) is 0 Å². The number of amides is 3. The Morgan fingerprint density at radius 1 is 1.11 bits per heavy atom. The van der Waals surface area contributed by atoms with E-state index in [1.165, 1.54) is 15.9 Å². The summed E-state index contributed by atoms with van der Waals surface area (Å²) in [5, 5.41) is 9.11. The quantitative estimate of drug-likeness (QED) is 0.695. The number of nitrogens with one attached hydrogen (secondary N) is 2. The van der Waals surface area contributed by atoms with Crippen LogP contribution in [0.4, 0.5) is 5.95 Å². The largest absolute Gasteiger partial charge is 0.347 e. The van der Waals surface area contributed by atoms with Gasteiger partial charge >= 0.3 is 11.8 Å². The molecule has 1 atom stereocenters. The third kappa shape index (κ3) is 6.19. The van der Waals surface area contributed by atoms with Crippen LogP contribution < -0.4 is 10.6 Å². The van der Waals surface area contributed by atoms with Crippen LogP contribution in [0.5, 0.6) is 0 Å². The molecule has 0 aliphatic rings. The maximum absolute atomic E-state index is 12.3. The molecule has 0 aliphatic carbocycles. The average Bonchev–Trinajstić information content (AvgIpc) is 3.08. The smallest absolute Gasteiger partial charge is 0.316 e. The highest BCUT2D eigenvalue weighted by molar-refractivity contribution is 6.39. The maximum Gasteiger partial charge on any atom is 0.316 e. The fourth-order valence-corrected chi connectivity index (χ4v) is 2.53. The van der Waals surface area contributed by atoms with Gasteiger partial charge in [-0.15, -0.1) is 5.10 Å². The number of hydrogen-bond donors (Lipinski definition) is 2. The van der Waals surface area contributed by atoms with Crippen LogP contribution in [-0.4, -0.2) is 51.5 Å². The summed E-state index contributed by atoms with van der Waals surface area (Å²) in [5.41, 5.74) is 0.932. The van der Waals surface area contributed by atoms with Crippen molar-refractivity contribution in [3.8, 4) is 0 Å². The standard InChI is InChI=1S/C19H26N6O3/c1-13(2)10-15(14-8-6-5-7-9-14)21-17(27)18(28)22-19-20-12-25(23-19)11-16(26)24(3)4/h5-9,12-13,15H,10-11H2,1-4H3,(H,21,27)(H,22,23,28)/t15-/m0/s1. The number of aromatic nitrogens is 3. The van der Waals surface area contributed by atoms with Gasteiger partial charge in [0.1, 0.15) is 12.9 Å². The SMILES string of the molecule is CC(C)C[C@H](NC(=O)C(=O)Nc1ncn(CC(=O)N(C)C)n1)c1ccccc1. The maximum atomic E-state index is 12.3. The van der Waals surface area contributed by atoms with Crippen LogP contribution in [0.15, 0.2) is 36.7 Å². The molecular formula is C19H26N6O3. The van der Waals surface area contributed by atoms with E-state index in [4.69, 9.17) is 0 Å². The van der Waals surface area contributed by atoms with Gasteiger partial charge in [-0.25, -0.2) is 9.67 Å². The molecule has 0 unspecified atom stereocenters. The molecule has 2 aromatic rings. The molecule has 0 fully saturated rings. The van der Waals surface area contributed by atoms with Crippen LogP contribution in [0.3, 0.4) is 0 Å². The molecule has 0 bridgehead atoms. The van der Waals surface area contributed by atoms with E-state index in [2.05, 4.69) is 20.7 Å². The summed E-state index contributed by atoms with van der Waals surface area (Å²) < 4.78 is 1.29. The summed E-state index contributed by atoms with van der Waals surface area (Å²) in [7, 11) is 3.26. The minimum atomic E-state index is -0.860. The third-order valence-electron chi connectivity index (χ3n) is 3.98. The lowest BCUT2D eigenvalue weighted by Gasteiger charge is -2.20. The Balaban J connectivity index is 1.98. The van der Waals surface area contributed by atoms with Crippen molar-refractivity contribution in [1.29, 1.82) is 0 Å². The first-order valence-corrected chi connectivity index (χ1v) is 9.02. The highest BCUT2D eigenvalue weighted by Gasteiger charge is 2.22. The zero-order chi connectivity index (χ0) is 20.7. The Labute approximate surface area is 164 Å². The molecule has 2 rings (SSSR count). The molecule has 0 saturated heterocycles. The zero-order valence-corrected chi connectivity index (χ0v) is 16.5. The van der Waals surface area contributed by atoms with E-state index in [0.717, 1.165) is 5.56 Å². The molecule has 1 heterocycles. The number of hydrogen-bond acceptors (Lipinski definition) is 5. The highest BCUT2D eigenvalue weighted by Crippen LogP contribution is 2.21. The van der Waals surface area contributed by atoms with Gasteiger partial charge in [0.25, 0.3) is 0 Å². The van der Waals surface area contributed by atoms with Crippen LogP contribution in [0.1, 0.15) is 31.9 Å². The van der Waals surface area contributed by atoms with Gasteiger partial charge in [-0.1, -0.05) is 44.2 Å². The Bertz CT molecular complexity index is 816. The lowest BCUT2D eigenvalue weighted by Crippen LogP contribution is -2.38. The molecule has 0 spiro atoms. The van der Waals surface area contributed by atoms with E-state index in [-0.39, 0.29) is 24.4 Å².